The SMILES string of the molecule is Cc1cnc(N2CCC[C@@H](c3cc(=O)[nH]cn3)C2)nc1N(C)C. The fraction of sp³-hybridized carbons (Fsp3) is 0.500. The zero-order chi connectivity index (χ0) is 16.4. The minimum absolute atomic E-state index is 0.103. The number of aromatic amines is 1. The minimum Gasteiger partial charge on any atom is -0.362 e. The van der Waals surface area contributed by atoms with E-state index in [1.165, 1.54) is 6.33 Å². The normalized spacial score (nSPS) is 18.0. The first-order valence-electron chi connectivity index (χ1n) is 7.85. The van der Waals surface area contributed by atoms with Crippen molar-refractivity contribution in [3.63, 3.8) is 0 Å². The number of H-pyrrole nitrogens is 1. The molecule has 1 aliphatic heterocycles. The molecular formula is C16H22N6O. The topological polar surface area (TPSA) is 78.0 Å². The van der Waals surface area contributed by atoms with Gasteiger partial charge in [0.1, 0.15) is 5.82 Å². The second kappa shape index (κ2) is 6.36. The number of nitrogens with one attached hydrogen (secondary N) is 1. The molecule has 0 spiro atoms. The summed E-state index contributed by atoms with van der Waals surface area (Å²) in [5.41, 5.74) is 1.80. The number of anilines is 2. The van der Waals surface area contributed by atoms with Crippen molar-refractivity contribution in [3.05, 3.63) is 40.2 Å². The van der Waals surface area contributed by atoms with Crippen LogP contribution in [0.5, 0.6) is 0 Å². The molecule has 2 aromatic rings. The van der Waals surface area contributed by atoms with Crippen LogP contribution in [-0.2, 0) is 0 Å². The lowest BCUT2D eigenvalue weighted by molar-refractivity contribution is 0.494. The number of nitrogens with zero attached hydrogens (tertiary/aromatic N) is 5. The molecule has 1 N–H and O–H groups in total. The lowest BCUT2D eigenvalue weighted by Crippen LogP contribution is -2.36. The number of piperidine rings is 1. The van der Waals surface area contributed by atoms with Crippen LogP contribution in [0.15, 0.2) is 23.4 Å². The van der Waals surface area contributed by atoms with Gasteiger partial charge in [-0.1, -0.05) is 0 Å². The number of aryl methyl sites for hydroxylation is 1. The van der Waals surface area contributed by atoms with Gasteiger partial charge in [-0.15, -0.1) is 0 Å². The summed E-state index contributed by atoms with van der Waals surface area (Å²) in [7, 11) is 3.97. The lowest BCUT2D eigenvalue weighted by atomic mass is 9.95. The van der Waals surface area contributed by atoms with Gasteiger partial charge in [0, 0.05) is 50.9 Å². The van der Waals surface area contributed by atoms with E-state index in [2.05, 4.69) is 19.9 Å². The molecular weight excluding hydrogens is 292 g/mol. The average Bonchev–Trinajstić information content (AvgIpc) is 2.55. The molecule has 2 aromatic heterocycles. The van der Waals surface area contributed by atoms with Gasteiger partial charge >= 0.3 is 0 Å². The summed E-state index contributed by atoms with van der Waals surface area (Å²) in [6.07, 6.45) is 5.41. The molecule has 1 atom stereocenters. The van der Waals surface area contributed by atoms with Crippen molar-refractivity contribution in [3.8, 4) is 0 Å². The molecule has 0 aliphatic carbocycles. The molecule has 0 bridgehead atoms. The van der Waals surface area contributed by atoms with E-state index in [1.807, 2.05) is 32.1 Å². The largest absolute Gasteiger partial charge is 0.362 e. The average molecular weight is 314 g/mol. The molecule has 0 aromatic carbocycles. The molecule has 0 amide bonds. The van der Waals surface area contributed by atoms with Gasteiger partial charge in [-0.3, -0.25) is 4.79 Å². The van der Waals surface area contributed by atoms with Gasteiger partial charge in [-0.25, -0.2) is 9.97 Å². The van der Waals surface area contributed by atoms with Crippen LogP contribution >= 0.6 is 0 Å². The second-order valence-corrected chi connectivity index (χ2v) is 6.19. The van der Waals surface area contributed by atoms with Gasteiger partial charge in [0.2, 0.25) is 5.95 Å². The van der Waals surface area contributed by atoms with Gasteiger partial charge in [-0.2, -0.15) is 4.98 Å². The maximum atomic E-state index is 11.5. The van der Waals surface area contributed by atoms with Crippen molar-refractivity contribution in [2.75, 3.05) is 37.0 Å². The number of hydrogen-bond acceptors (Lipinski definition) is 6. The van der Waals surface area contributed by atoms with Gasteiger partial charge in [0.15, 0.2) is 0 Å². The van der Waals surface area contributed by atoms with Crippen molar-refractivity contribution in [2.45, 2.75) is 25.7 Å². The van der Waals surface area contributed by atoms with Crippen LogP contribution in [0.1, 0.15) is 30.0 Å². The summed E-state index contributed by atoms with van der Waals surface area (Å²) in [4.78, 5) is 31.8. The zero-order valence-corrected chi connectivity index (χ0v) is 13.8. The van der Waals surface area contributed by atoms with E-state index in [9.17, 15) is 4.79 Å². The highest BCUT2D eigenvalue weighted by Gasteiger charge is 2.24. The quantitative estimate of drug-likeness (QED) is 0.920. The fourth-order valence-corrected chi connectivity index (χ4v) is 3.04. The molecule has 0 radical (unpaired) electrons. The van der Waals surface area contributed by atoms with Gasteiger partial charge in [0.25, 0.3) is 5.56 Å². The maximum Gasteiger partial charge on any atom is 0.250 e. The van der Waals surface area contributed by atoms with Crippen molar-refractivity contribution in [1.82, 2.24) is 19.9 Å². The first-order valence-corrected chi connectivity index (χ1v) is 7.85. The molecule has 1 aliphatic rings. The van der Waals surface area contributed by atoms with E-state index in [1.54, 1.807) is 6.07 Å². The maximum absolute atomic E-state index is 11.5. The highest BCUT2D eigenvalue weighted by atomic mass is 16.1. The monoisotopic (exact) mass is 314 g/mol. The molecule has 0 unspecified atom stereocenters. The summed E-state index contributed by atoms with van der Waals surface area (Å²) >= 11 is 0. The molecule has 7 heteroatoms. The van der Waals surface area contributed by atoms with Crippen molar-refractivity contribution in [2.24, 2.45) is 0 Å². The molecule has 122 valence electrons. The van der Waals surface area contributed by atoms with E-state index in [-0.39, 0.29) is 11.5 Å². The molecule has 3 heterocycles. The summed E-state index contributed by atoms with van der Waals surface area (Å²) in [6.45, 7) is 3.72. The Hall–Kier alpha value is -2.44. The Morgan fingerprint density at radius 3 is 2.91 bits per heavy atom. The lowest BCUT2D eigenvalue weighted by Gasteiger charge is -2.32. The Morgan fingerprint density at radius 2 is 2.17 bits per heavy atom. The summed E-state index contributed by atoms with van der Waals surface area (Å²) in [5, 5.41) is 0. The Labute approximate surface area is 135 Å². The summed E-state index contributed by atoms with van der Waals surface area (Å²) in [5.74, 6) is 1.92. The standard InChI is InChI=1S/C16H22N6O/c1-11-8-17-16(20-15(11)21(2)3)22-6-4-5-12(9-22)13-7-14(23)19-10-18-13/h7-8,10,12H,4-6,9H2,1-3H3,(H,18,19,23)/t12-/m1/s1. The van der Waals surface area contributed by atoms with Crippen LogP contribution in [0.2, 0.25) is 0 Å². The summed E-state index contributed by atoms with van der Waals surface area (Å²) in [6, 6.07) is 1.59. The van der Waals surface area contributed by atoms with E-state index in [0.717, 1.165) is 49.0 Å². The Bertz CT molecular complexity index is 741. The van der Waals surface area contributed by atoms with Gasteiger partial charge in [0.05, 0.1) is 12.0 Å². The Balaban J connectivity index is 1.84. The third-order valence-electron chi connectivity index (χ3n) is 4.18. The van der Waals surface area contributed by atoms with Crippen LogP contribution in [0, 0.1) is 6.92 Å². The number of hydrogen-bond donors (Lipinski definition) is 1. The Morgan fingerprint density at radius 1 is 1.35 bits per heavy atom. The van der Waals surface area contributed by atoms with E-state index >= 15 is 0 Å². The van der Waals surface area contributed by atoms with E-state index in [0.29, 0.717) is 0 Å². The van der Waals surface area contributed by atoms with E-state index in [4.69, 9.17) is 4.98 Å². The van der Waals surface area contributed by atoms with Crippen molar-refractivity contribution < 1.29 is 0 Å². The zero-order valence-electron chi connectivity index (χ0n) is 13.8. The predicted octanol–water partition coefficient (Wildman–Crippen LogP) is 1.32. The van der Waals surface area contributed by atoms with Crippen LogP contribution in [0.3, 0.4) is 0 Å². The molecule has 1 saturated heterocycles. The predicted molar refractivity (Wildman–Crippen MR) is 90.1 cm³/mol. The van der Waals surface area contributed by atoms with Crippen LogP contribution in [-0.4, -0.2) is 47.1 Å². The highest BCUT2D eigenvalue weighted by Crippen LogP contribution is 2.27. The van der Waals surface area contributed by atoms with E-state index < -0.39 is 0 Å². The number of rotatable bonds is 3. The minimum atomic E-state index is -0.103. The first-order chi connectivity index (χ1) is 11.0. The molecule has 23 heavy (non-hydrogen) atoms. The third kappa shape index (κ3) is 3.33. The van der Waals surface area contributed by atoms with Crippen LogP contribution < -0.4 is 15.4 Å². The third-order valence-corrected chi connectivity index (χ3v) is 4.18. The van der Waals surface area contributed by atoms with Crippen molar-refractivity contribution in [1.29, 1.82) is 0 Å². The highest BCUT2D eigenvalue weighted by molar-refractivity contribution is 5.48. The van der Waals surface area contributed by atoms with Crippen LogP contribution in [0.25, 0.3) is 0 Å². The first kappa shape index (κ1) is 15.5. The molecule has 7 nitrogen and oxygen atoms in total. The van der Waals surface area contributed by atoms with Crippen molar-refractivity contribution >= 4 is 11.8 Å². The smallest absolute Gasteiger partial charge is 0.250 e. The van der Waals surface area contributed by atoms with Gasteiger partial charge in [-0.05, 0) is 19.8 Å². The fourth-order valence-electron chi connectivity index (χ4n) is 3.04. The summed E-state index contributed by atoms with van der Waals surface area (Å²) < 4.78 is 0. The van der Waals surface area contributed by atoms with Crippen LogP contribution in [0.4, 0.5) is 11.8 Å². The molecule has 0 saturated carbocycles. The number of aromatic nitrogens is 4. The molecule has 3 rings (SSSR count). The Kier molecular flexibility index (Phi) is 4.27. The molecule has 1 fully saturated rings. The van der Waals surface area contributed by atoms with Gasteiger partial charge < -0.3 is 14.8 Å². The second-order valence-electron chi connectivity index (χ2n) is 6.19.